The molecule has 0 fully saturated rings. The minimum Gasteiger partial charge on any atom is -0.289 e. The van der Waals surface area contributed by atoms with E-state index in [2.05, 4.69) is 67.2 Å². The molecule has 0 rings (SSSR count). The molecule has 0 heterocycles. The highest BCUT2D eigenvalue weighted by molar-refractivity contribution is 4.94. The SMILES string of the molecule is CC(C)(C)N(C(C)(C)C)C(C)(C)C.[N]. The van der Waals surface area contributed by atoms with Crippen molar-refractivity contribution in [1.29, 1.82) is 0 Å². The van der Waals surface area contributed by atoms with Crippen molar-refractivity contribution >= 4 is 0 Å². The first-order valence-electron chi connectivity index (χ1n) is 5.17. The monoisotopic (exact) mass is 199 g/mol. The van der Waals surface area contributed by atoms with Gasteiger partial charge in [0.25, 0.3) is 0 Å². The predicted molar refractivity (Wildman–Crippen MR) is 63.2 cm³/mol. The maximum absolute atomic E-state index is 2.56. The second-order valence-corrected chi connectivity index (χ2v) is 6.85. The Kier molecular flexibility index (Phi) is 4.90. The lowest BCUT2D eigenvalue weighted by Gasteiger charge is -2.53. The Labute approximate surface area is 90.6 Å². The van der Waals surface area contributed by atoms with E-state index in [1.54, 1.807) is 0 Å². The van der Waals surface area contributed by atoms with Crippen molar-refractivity contribution in [2.24, 2.45) is 0 Å². The number of hydrogen-bond acceptors (Lipinski definition) is 1. The third-order valence-corrected chi connectivity index (χ3v) is 2.01. The maximum Gasteiger partial charge on any atom is 0.0135 e. The van der Waals surface area contributed by atoms with Crippen LogP contribution >= 0.6 is 0 Å². The van der Waals surface area contributed by atoms with E-state index < -0.39 is 0 Å². The van der Waals surface area contributed by atoms with Crippen molar-refractivity contribution in [1.82, 2.24) is 11.1 Å². The molecule has 2 heteroatoms. The van der Waals surface area contributed by atoms with Crippen molar-refractivity contribution in [3.8, 4) is 0 Å². The zero-order valence-corrected chi connectivity index (χ0v) is 11.4. The molecule has 0 N–H and O–H groups in total. The fourth-order valence-electron chi connectivity index (χ4n) is 3.02. The molecule has 3 radical (unpaired) electrons. The molecule has 0 aromatic heterocycles. The molecular formula is C12H27N2. The van der Waals surface area contributed by atoms with Gasteiger partial charge in [0, 0.05) is 22.8 Å². The van der Waals surface area contributed by atoms with E-state index in [0.29, 0.717) is 0 Å². The molecule has 0 aliphatic rings. The van der Waals surface area contributed by atoms with Crippen LogP contribution in [0.3, 0.4) is 0 Å². The quantitative estimate of drug-likeness (QED) is 0.590. The molecular weight excluding hydrogens is 172 g/mol. The number of hydrogen-bond donors (Lipinski definition) is 0. The summed E-state index contributed by atoms with van der Waals surface area (Å²) in [5.74, 6) is 0. The molecule has 0 aliphatic heterocycles. The van der Waals surface area contributed by atoms with Crippen LogP contribution in [-0.2, 0) is 0 Å². The lowest BCUT2D eigenvalue weighted by atomic mass is 9.88. The zero-order chi connectivity index (χ0) is 11.1. The lowest BCUT2D eigenvalue weighted by Crippen LogP contribution is -2.60. The van der Waals surface area contributed by atoms with E-state index in [0.717, 1.165) is 0 Å². The average molecular weight is 199 g/mol. The Balaban J connectivity index is 0. The molecule has 2 nitrogen and oxygen atoms in total. The molecule has 0 spiro atoms. The summed E-state index contributed by atoms with van der Waals surface area (Å²) in [6, 6.07) is 0. The van der Waals surface area contributed by atoms with Crippen LogP contribution in [0.4, 0.5) is 0 Å². The van der Waals surface area contributed by atoms with Crippen LogP contribution in [0.5, 0.6) is 0 Å². The van der Waals surface area contributed by atoms with E-state index >= 15 is 0 Å². The first kappa shape index (κ1) is 16.4. The summed E-state index contributed by atoms with van der Waals surface area (Å²) in [4.78, 5) is 2.56. The second kappa shape index (κ2) is 4.19. The predicted octanol–water partition coefficient (Wildman–Crippen LogP) is 3.20. The summed E-state index contributed by atoms with van der Waals surface area (Å²) in [5.41, 5.74) is 0.656. The van der Waals surface area contributed by atoms with Gasteiger partial charge in [-0.3, -0.25) is 4.90 Å². The molecule has 0 aromatic rings. The molecule has 0 bridgehead atoms. The van der Waals surface area contributed by atoms with Crippen LogP contribution in [0.2, 0.25) is 0 Å². The Bertz CT molecular complexity index is 131. The third kappa shape index (κ3) is 4.43. The summed E-state index contributed by atoms with van der Waals surface area (Å²) in [5, 5.41) is 0. The molecule has 85 valence electrons. The number of nitrogens with zero attached hydrogens (tertiary/aromatic N) is 2. The van der Waals surface area contributed by atoms with Crippen molar-refractivity contribution in [2.75, 3.05) is 0 Å². The molecule has 0 unspecified atom stereocenters. The highest BCUT2D eigenvalue weighted by atomic mass is 15.3. The van der Waals surface area contributed by atoms with Crippen LogP contribution in [0, 0.1) is 0 Å². The van der Waals surface area contributed by atoms with Gasteiger partial charge in [0.2, 0.25) is 0 Å². The average Bonchev–Trinajstić information content (AvgIpc) is 1.44. The summed E-state index contributed by atoms with van der Waals surface area (Å²) < 4.78 is 0. The standard InChI is InChI=1S/C12H27N.N/c1-10(2,3)13(11(4,5)6)12(7,8)9;/h1-9H3;. The first-order chi connectivity index (χ1) is 5.37. The third-order valence-electron chi connectivity index (χ3n) is 2.01. The summed E-state index contributed by atoms with van der Waals surface area (Å²) in [6.45, 7) is 20.5. The van der Waals surface area contributed by atoms with Gasteiger partial charge in [0.15, 0.2) is 0 Å². The van der Waals surface area contributed by atoms with E-state index in [1.807, 2.05) is 0 Å². The molecule has 0 amide bonds. The van der Waals surface area contributed by atoms with E-state index in [-0.39, 0.29) is 22.8 Å². The Morgan fingerprint density at radius 2 is 0.643 bits per heavy atom. The van der Waals surface area contributed by atoms with Crippen molar-refractivity contribution < 1.29 is 0 Å². The first-order valence-corrected chi connectivity index (χ1v) is 5.17. The van der Waals surface area contributed by atoms with E-state index in [1.165, 1.54) is 0 Å². The van der Waals surface area contributed by atoms with Crippen LogP contribution in [0.15, 0.2) is 0 Å². The molecule has 14 heavy (non-hydrogen) atoms. The highest BCUT2D eigenvalue weighted by Crippen LogP contribution is 2.32. The van der Waals surface area contributed by atoms with Crippen LogP contribution < -0.4 is 6.15 Å². The van der Waals surface area contributed by atoms with E-state index in [9.17, 15) is 0 Å². The Morgan fingerprint density at radius 1 is 0.500 bits per heavy atom. The summed E-state index contributed by atoms with van der Waals surface area (Å²) in [7, 11) is 0. The van der Waals surface area contributed by atoms with Gasteiger partial charge < -0.3 is 0 Å². The smallest absolute Gasteiger partial charge is 0.0135 e. The van der Waals surface area contributed by atoms with Crippen molar-refractivity contribution in [2.45, 2.75) is 78.9 Å². The van der Waals surface area contributed by atoms with Crippen LogP contribution in [-0.4, -0.2) is 21.5 Å². The fraction of sp³-hybridized carbons (Fsp3) is 1.00. The van der Waals surface area contributed by atoms with E-state index in [4.69, 9.17) is 0 Å². The highest BCUT2D eigenvalue weighted by Gasteiger charge is 2.38. The maximum atomic E-state index is 2.56. The minimum atomic E-state index is 0. The van der Waals surface area contributed by atoms with Gasteiger partial charge in [-0.1, -0.05) is 0 Å². The molecule has 0 saturated heterocycles. The topological polar surface area (TPSA) is 33.7 Å². The van der Waals surface area contributed by atoms with Crippen LogP contribution in [0.25, 0.3) is 0 Å². The van der Waals surface area contributed by atoms with Gasteiger partial charge in [-0.25, -0.2) is 0 Å². The normalized spacial score (nSPS) is 14.1. The lowest BCUT2D eigenvalue weighted by molar-refractivity contribution is -0.0402. The van der Waals surface area contributed by atoms with Gasteiger partial charge in [-0.05, 0) is 62.3 Å². The van der Waals surface area contributed by atoms with Crippen molar-refractivity contribution in [3.05, 3.63) is 0 Å². The van der Waals surface area contributed by atoms with Gasteiger partial charge in [-0.15, -0.1) is 0 Å². The Hall–Kier alpha value is -0.0800. The second-order valence-electron chi connectivity index (χ2n) is 6.85. The van der Waals surface area contributed by atoms with Gasteiger partial charge >= 0.3 is 0 Å². The molecule has 0 aromatic carbocycles. The molecule has 0 aliphatic carbocycles. The largest absolute Gasteiger partial charge is 0.289 e. The molecule has 0 saturated carbocycles. The summed E-state index contributed by atoms with van der Waals surface area (Å²) in [6.07, 6.45) is 0. The molecule has 0 atom stereocenters. The number of rotatable bonds is 0. The zero-order valence-electron chi connectivity index (χ0n) is 11.4. The van der Waals surface area contributed by atoms with Gasteiger partial charge in [-0.2, -0.15) is 0 Å². The fourth-order valence-corrected chi connectivity index (χ4v) is 3.02. The van der Waals surface area contributed by atoms with Gasteiger partial charge in [0.05, 0.1) is 0 Å². The van der Waals surface area contributed by atoms with Crippen LogP contribution in [0.1, 0.15) is 62.3 Å². The van der Waals surface area contributed by atoms with Crippen molar-refractivity contribution in [3.63, 3.8) is 0 Å². The summed E-state index contributed by atoms with van der Waals surface area (Å²) >= 11 is 0. The minimum absolute atomic E-state index is 0. The van der Waals surface area contributed by atoms with Gasteiger partial charge in [0.1, 0.15) is 0 Å². The Morgan fingerprint density at radius 3 is 0.643 bits per heavy atom.